The smallest absolute Gasteiger partial charge is 0.333 e. The summed E-state index contributed by atoms with van der Waals surface area (Å²) in [4.78, 5) is 11.8. The van der Waals surface area contributed by atoms with Gasteiger partial charge in [-0.15, -0.1) is 0 Å². The van der Waals surface area contributed by atoms with E-state index in [0.717, 1.165) is 31.4 Å². The predicted molar refractivity (Wildman–Crippen MR) is 88.7 cm³/mol. The van der Waals surface area contributed by atoms with Gasteiger partial charge in [0, 0.05) is 6.04 Å². The van der Waals surface area contributed by atoms with Gasteiger partial charge in [0.1, 0.15) is 0 Å². The zero-order valence-corrected chi connectivity index (χ0v) is 13.6. The number of hydrazine groups is 1. The second kappa shape index (κ2) is 7.01. The van der Waals surface area contributed by atoms with Crippen molar-refractivity contribution in [1.29, 1.82) is 0 Å². The summed E-state index contributed by atoms with van der Waals surface area (Å²) in [5.74, 6) is 0. The van der Waals surface area contributed by atoms with E-state index in [9.17, 15) is 9.90 Å². The van der Waals surface area contributed by atoms with Crippen molar-refractivity contribution in [3.8, 4) is 0 Å². The van der Waals surface area contributed by atoms with E-state index in [1.165, 1.54) is 5.56 Å². The highest BCUT2D eigenvalue weighted by Crippen LogP contribution is 2.23. The highest BCUT2D eigenvalue weighted by Gasteiger charge is 2.20. The van der Waals surface area contributed by atoms with E-state index in [-0.39, 0.29) is 23.6 Å². The molecule has 0 aromatic heterocycles. The molecule has 0 bridgehead atoms. The average Bonchev–Trinajstić information content (AvgIpc) is 2.47. The largest absolute Gasteiger partial charge is 0.393 e. The van der Waals surface area contributed by atoms with Crippen molar-refractivity contribution in [1.82, 2.24) is 10.7 Å². The third kappa shape index (κ3) is 4.91. The van der Waals surface area contributed by atoms with Gasteiger partial charge in [0.15, 0.2) is 0 Å². The van der Waals surface area contributed by atoms with Crippen LogP contribution >= 0.6 is 0 Å². The predicted octanol–water partition coefficient (Wildman–Crippen LogP) is 2.91. The van der Waals surface area contributed by atoms with Crippen LogP contribution in [0.3, 0.4) is 0 Å². The van der Waals surface area contributed by atoms with Crippen molar-refractivity contribution in [2.45, 2.75) is 64.0 Å². The number of hydrogen-bond donors (Lipinski definition) is 4. The van der Waals surface area contributed by atoms with E-state index in [1.54, 1.807) is 0 Å². The van der Waals surface area contributed by atoms with E-state index in [4.69, 9.17) is 0 Å². The maximum Gasteiger partial charge on any atom is 0.333 e. The lowest BCUT2D eigenvalue weighted by Crippen LogP contribution is -2.46. The first-order valence-corrected chi connectivity index (χ1v) is 7.96. The first kappa shape index (κ1) is 16.6. The third-order valence-electron chi connectivity index (χ3n) is 4.10. The van der Waals surface area contributed by atoms with Gasteiger partial charge < -0.3 is 10.4 Å². The van der Waals surface area contributed by atoms with Crippen LogP contribution in [0.4, 0.5) is 10.5 Å². The van der Waals surface area contributed by atoms with Crippen molar-refractivity contribution in [2.24, 2.45) is 0 Å². The Hall–Kier alpha value is -1.75. The molecule has 0 aliphatic heterocycles. The average molecular weight is 305 g/mol. The Morgan fingerprint density at radius 2 is 1.68 bits per heavy atom. The standard InChI is InChI=1S/C17H27N3O2/c1-17(2,3)12-4-6-14(7-5-12)19-20-16(22)18-13-8-10-15(21)11-9-13/h4-7,13,15,19,21H,8-11H2,1-3H3,(H2,18,20,22). The first-order chi connectivity index (χ1) is 10.3. The highest BCUT2D eigenvalue weighted by molar-refractivity contribution is 5.75. The quantitative estimate of drug-likeness (QED) is 0.649. The molecule has 1 aliphatic carbocycles. The van der Waals surface area contributed by atoms with E-state index in [1.807, 2.05) is 12.1 Å². The minimum atomic E-state index is -0.235. The van der Waals surface area contributed by atoms with E-state index >= 15 is 0 Å². The molecule has 5 nitrogen and oxygen atoms in total. The number of carbonyl (C=O) groups excluding carboxylic acids is 1. The number of carbonyl (C=O) groups is 1. The number of hydrogen-bond acceptors (Lipinski definition) is 3. The number of aliphatic hydroxyl groups excluding tert-OH is 1. The summed E-state index contributed by atoms with van der Waals surface area (Å²) in [6.07, 6.45) is 2.96. The van der Waals surface area contributed by atoms with Gasteiger partial charge in [0.05, 0.1) is 11.8 Å². The molecule has 1 fully saturated rings. The van der Waals surface area contributed by atoms with Gasteiger partial charge in [-0.3, -0.25) is 10.9 Å². The Bertz CT molecular complexity index is 486. The number of rotatable bonds is 3. The summed E-state index contributed by atoms with van der Waals surface area (Å²) in [6.45, 7) is 6.51. The van der Waals surface area contributed by atoms with Gasteiger partial charge in [-0.1, -0.05) is 32.9 Å². The Kier molecular flexibility index (Phi) is 5.29. The second-order valence-corrected chi connectivity index (χ2v) is 7.06. The summed E-state index contributed by atoms with van der Waals surface area (Å²) in [6, 6.07) is 7.94. The number of urea groups is 1. The summed E-state index contributed by atoms with van der Waals surface area (Å²) in [5, 5.41) is 12.4. The molecule has 0 radical (unpaired) electrons. The molecule has 2 amide bonds. The monoisotopic (exact) mass is 305 g/mol. The van der Waals surface area contributed by atoms with Gasteiger partial charge in [-0.05, 0) is 48.8 Å². The van der Waals surface area contributed by atoms with Gasteiger partial charge in [-0.25, -0.2) is 4.79 Å². The Morgan fingerprint density at radius 1 is 1.09 bits per heavy atom. The summed E-state index contributed by atoms with van der Waals surface area (Å²) in [5.41, 5.74) is 7.79. The topological polar surface area (TPSA) is 73.4 Å². The molecule has 0 atom stereocenters. The van der Waals surface area contributed by atoms with Crippen molar-refractivity contribution in [3.63, 3.8) is 0 Å². The van der Waals surface area contributed by atoms with Crippen LogP contribution in [0.5, 0.6) is 0 Å². The van der Waals surface area contributed by atoms with Crippen molar-refractivity contribution in [2.75, 3.05) is 5.43 Å². The van der Waals surface area contributed by atoms with Crippen molar-refractivity contribution < 1.29 is 9.90 Å². The van der Waals surface area contributed by atoms with Crippen LogP contribution in [-0.4, -0.2) is 23.3 Å². The Morgan fingerprint density at radius 3 is 2.23 bits per heavy atom. The lowest BCUT2D eigenvalue weighted by atomic mass is 9.87. The highest BCUT2D eigenvalue weighted by atomic mass is 16.3. The maximum absolute atomic E-state index is 11.8. The number of aliphatic hydroxyl groups is 1. The van der Waals surface area contributed by atoms with E-state index in [0.29, 0.717) is 0 Å². The minimum Gasteiger partial charge on any atom is -0.393 e. The molecular weight excluding hydrogens is 278 g/mol. The van der Waals surface area contributed by atoms with Crippen LogP contribution in [0.25, 0.3) is 0 Å². The maximum atomic E-state index is 11.8. The number of amides is 2. The van der Waals surface area contributed by atoms with Crippen LogP contribution < -0.4 is 16.2 Å². The van der Waals surface area contributed by atoms with Gasteiger partial charge in [0.2, 0.25) is 0 Å². The Balaban J connectivity index is 1.76. The van der Waals surface area contributed by atoms with Crippen LogP contribution in [0.2, 0.25) is 0 Å². The molecule has 4 N–H and O–H groups in total. The zero-order valence-electron chi connectivity index (χ0n) is 13.6. The first-order valence-electron chi connectivity index (χ1n) is 7.96. The van der Waals surface area contributed by atoms with Crippen LogP contribution in [0, 0.1) is 0 Å². The molecule has 0 unspecified atom stereocenters. The molecule has 0 saturated heterocycles. The molecule has 1 aromatic carbocycles. The van der Waals surface area contributed by atoms with Gasteiger partial charge in [-0.2, -0.15) is 0 Å². The minimum absolute atomic E-state index is 0.120. The lowest BCUT2D eigenvalue weighted by Gasteiger charge is -2.26. The molecule has 0 heterocycles. The SMILES string of the molecule is CC(C)(C)c1ccc(NNC(=O)NC2CCC(O)CC2)cc1. The summed E-state index contributed by atoms with van der Waals surface area (Å²) < 4.78 is 0. The van der Waals surface area contributed by atoms with Crippen LogP contribution in [-0.2, 0) is 5.41 Å². The normalized spacial score (nSPS) is 22.0. The summed E-state index contributed by atoms with van der Waals surface area (Å²) in [7, 11) is 0. The molecule has 1 aromatic rings. The molecule has 1 aliphatic rings. The molecule has 22 heavy (non-hydrogen) atoms. The van der Waals surface area contributed by atoms with E-state index in [2.05, 4.69) is 49.1 Å². The van der Waals surface area contributed by atoms with Crippen LogP contribution in [0.1, 0.15) is 52.0 Å². The van der Waals surface area contributed by atoms with Gasteiger partial charge in [0.25, 0.3) is 0 Å². The fourth-order valence-corrected chi connectivity index (χ4v) is 2.62. The number of benzene rings is 1. The molecule has 1 saturated carbocycles. The van der Waals surface area contributed by atoms with Crippen molar-refractivity contribution in [3.05, 3.63) is 29.8 Å². The lowest BCUT2D eigenvalue weighted by molar-refractivity contribution is 0.118. The Labute approximate surface area is 132 Å². The van der Waals surface area contributed by atoms with E-state index < -0.39 is 0 Å². The molecule has 2 rings (SSSR count). The fraction of sp³-hybridized carbons (Fsp3) is 0.588. The van der Waals surface area contributed by atoms with Crippen LogP contribution in [0.15, 0.2) is 24.3 Å². The number of anilines is 1. The second-order valence-electron chi connectivity index (χ2n) is 7.06. The van der Waals surface area contributed by atoms with Crippen molar-refractivity contribution >= 4 is 11.7 Å². The molecule has 5 heteroatoms. The number of nitrogens with one attached hydrogen (secondary N) is 3. The molecular formula is C17H27N3O2. The van der Waals surface area contributed by atoms with Gasteiger partial charge >= 0.3 is 6.03 Å². The molecule has 122 valence electrons. The summed E-state index contributed by atoms with van der Waals surface area (Å²) >= 11 is 0. The fourth-order valence-electron chi connectivity index (χ4n) is 2.62. The molecule has 0 spiro atoms. The zero-order chi connectivity index (χ0) is 16.2. The third-order valence-corrected chi connectivity index (χ3v) is 4.10.